The third kappa shape index (κ3) is 2.70. The van der Waals surface area contributed by atoms with E-state index in [4.69, 9.17) is 4.74 Å². The van der Waals surface area contributed by atoms with Gasteiger partial charge in [0.1, 0.15) is 11.6 Å². The Morgan fingerprint density at radius 3 is 2.79 bits per heavy atom. The van der Waals surface area contributed by atoms with E-state index in [1.54, 1.807) is 13.0 Å². The molecule has 2 nitrogen and oxygen atoms in total. The fraction of sp³-hybridized carbons (Fsp3) is 0.455. The van der Waals surface area contributed by atoms with Crippen LogP contribution in [0.2, 0.25) is 0 Å². The van der Waals surface area contributed by atoms with Crippen molar-refractivity contribution in [1.29, 1.82) is 0 Å². The summed E-state index contributed by atoms with van der Waals surface area (Å²) in [6.45, 7) is 4.14. The van der Waals surface area contributed by atoms with Crippen molar-refractivity contribution in [2.24, 2.45) is 0 Å². The third-order valence-electron chi connectivity index (χ3n) is 1.89. The van der Waals surface area contributed by atoms with Gasteiger partial charge >= 0.3 is 0 Å². The summed E-state index contributed by atoms with van der Waals surface area (Å²) in [5, 5.41) is 9.39. The van der Waals surface area contributed by atoms with Gasteiger partial charge in [-0.1, -0.05) is 6.92 Å². The lowest BCUT2D eigenvalue weighted by Crippen LogP contribution is -2.01. The van der Waals surface area contributed by atoms with Crippen LogP contribution in [0.3, 0.4) is 0 Å². The first kappa shape index (κ1) is 11.0. The predicted octanol–water partition coefficient (Wildman–Crippen LogP) is 2.67. The molecule has 0 fully saturated rings. The number of aliphatic hydroxyl groups is 1. The lowest BCUT2D eigenvalue weighted by molar-refractivity contribution is 0.191. The van der Waals surface area contributed by atoms with Gasteiger partial charge in [0.2, 0.25) is 0 Å². The maximum Gasteiger partial charge on any atom is 0.127 e. The highest BCUT2D eigenvalue weighted by atomic mass is 19.1. The SMILES string of the molecule is CCCOc1cc(F)ccc1C(C)O. The summed E-state index contributed by atoms with van der Waals surface area (Å²) in [5.74, 6) is 0.0855. The molecule has 3 heteroatoms. The average molecular weight is 198 g/mol. The number of aliphatic hydroxyl groups excluding tert-OH is 1. The zero-order valence-corrected chi connectivity index (χ0v) is 8.46. The monoisotopic (exact) mass is 198 g/mol. The number of hydrogen-bond donors (Lipinski definition) is 1. The molecule has 1 unspecified atom stereocenters. The molecule has 0 radical (unpaired) electrons. The molecule has 14 heavy (non-hydrogen) atoms. The van der Waals surface area contributed by atoms with Gasteiger partial charge in [-0.15, -0.1) is 0 Å². The van der Waals surface area contributed by atoms with E-state index in [9.17, 15) is 9.50 Å². The molecule has 0 saturated carbocycles. The van der Waals surface area contributed by atoms with Crippen molar-refractivity contribution >= 4 is 0 Å². The lowest BCUT2D eigenvalue weighted by atomic mass is 10.1. The summed E-state index contributed by atoms with van der Waals surface area (Å²) >= 11 is 0. The maximum atomic E-state index is 12.9. The van der Waals surface area contributed by atoms with E-state index in [1.165, 1.54) is 12.1 Å². The number of hydrogen-bond acceptors (Lipinski definition) is 2. The second kappa shape index (κ2) is 4.96. The second-order valence-electron chi connectivity index (χ2n) is 3.21. The van der Waals surface area contributed by atoms with E-state index in [0.717, 1.165) is 6.42 Å². The minimum Gasteiger partial charge on any atom is -0.493 e. The zero-order valence-electron chi connectivity index (χ0n) is 8.46. The van der Waals surface area contributed by atoms with E-state index >= 15 is 0 Å². The van der Waals surface area contributed by atoms with Crippen LogP contribution in [-0.4, -0.2) is 11.7 Å². The number of benzene rings is 1. The summed E-state index contributed by atoms with van der Waals surface area (Å²) in [6.07, 6.45) is 0.220. The van der Waals surface area contributed by atoms with Gasteiger partial charge in [-0.25, -0.2) is 4.39 Å². The Hall–Kier alpha value is -1.09. The van der Waals surface area contributed by atoms with Gasteiger partial charge in [-0.3, -0.25) is 0 Å². The molecule has 0 saturated heterocycles. The molecule has 78 valence electrons. The molecule has 0 aliphatic heterocycles. The number of ether oxygens (including phenoxy) is 1. The molecule has 1 aromatic rings. The van der Waals surface area contributed by atoms with Crippen molar-refractivity contribution in [3.63, 3.8) is 0 Å². The van der Waals surface area contributed by atoms with Crippen LogP contribution in [0.15, 0.2) is 18.2 Å². The van der Waals surface area contributed by atoms with Gasteiger partial charge in [-0.2, -0.15) is 0 Å². The van der Waals surface area contributed by atoms with Gasteiger partial charge in [0, 0.05) is 11.6 Å². The van der Waals surface area contributed by atoms with Crippen LogP contribution in [0.1, 0.15) is 31.9 Å². The number of rotatable bonds is 4. The molecule has 0 aromatic heterocycles. The van der Waals surface area contributed by atoms with Crippen molar-refractivity contribution in [2.75, 3.05) is 6.61 Å². The van der Waals surface area contributed by atoms with E-state index in [2.05, 4.69) is 0 Å². The fourth-order valence-electron chi connectivity index (χ4n) is 1.19. The molecule has 1 N–H and O–H groups in total. The Morgan fingerprint density at radius 1 is 1.50 bits per heavy atom. The molecule has 0 heterocycles. The Bertz CT molecular complexity index is 297. The van der Waals surface area contributed by atoms with Crippen molar-refractivity contribution < 1.29 is 14.2 Å². The average Bonchev–Trinajstić information content (AvgIpc) is 2.14. The molecule has 0 amide bonds. The number of halogens is 1. The topological polar surface area (TPSA) is 29.5 Å². The van der Waals surface area contributed by atoms with E-state index in [0.29, 0.717) is 17.9 Å². The standard InChI is InChI=1S/C11H15FO2/c1-3-6-14-11-7-9(12)4-5-10(11)8(2)13/h4-5,7-8,13H,3,6H2,1-2H3. The van der Waals surface area contributed by atoms with Crippen LogP contribution in [0.5, 0.6) is 5.75 Å². The highest BCUT2D eigenvalue weighted by Crippen LogP contribution is 2.25. The van der Waals surface area contributed by atoms with Gasteiger partial charge in [0.25, 0.3) is 0 Å². The summed E-state index contributed by atoms with van der Waals surface area (Å²) in [7, 11) is 0. The molecule has 0 aliphatic carbocycles. The Morgan fingerprint density at radius 2 is 2.21 bits per heavy atom. The highest BCUT2D eigenvalue weighted by Gasteiger charge is 2.09. The van der Waals surface area contributed by atoms with Gasteiger partial charge in [0.15, 0.2) is 0 Å². The largest absolute Gasteiger partial charge is 0.493 e. The molecule has 1 aromatic carbocycles. The van der Waals surface area contributed by atoms with Crippen molar-refractivity contribution in [3.05, 3.63) is 29.6 Å². The van der Waals surface area contributed by atoms with Crippen LogP contribution in [-0.2, 0) is 0 Å². The second-order valence-corrected chi connectivity index (χ2v) is 3.21. The van der Waals surface area contributed by atoms with Crippen molar-refractivity contribution in [2.45, 2.75) is 26.4 Å². The van der Waals surface area contributed by atoms with Crippen LogP contribution < -0.4 is 4.74 Å². The summed E-state index contributed by atoms with van der Waals surface area (Å²) in [6, 6.07) is 4.17. The zero-order chi connectivity index (χ0) is 10.6. The summed E-state index contributed by atoms with van der Waals surface area (Å²) < 4.78 is 18.2. The van der Waals surface area contributed by atoms with Crippen molar-refractivity contribution in [3.8, 4) is 5.75 Å². The van der Waals surface area contributed by atoms with Crippen LogP contribution in [0.4, 0.5) is 4.39 Å². The molecule has 0 aliphatic rings. The molecule has 0 spiro atoms. The first-order valence-electron chi connectivity index (χ1n) is 4.75. The molecular formula is C11H15FO2. The van der Waals surface area contributed by atoms with Crippen LogP contribution in [0.25, 0.3) is 0 Å². The van der Waals surface area contributed by atoms with Gasteiger partial charge in [-0.05, 0) is 25.5 Å². The van der Waals surface area contributed by atoms with Gasteiger partial charge < -0.3 is 9.84 Å². The van der Waals surface area contributed by atoms with E-state index in [1.807, 2.05) is 6.92 Å². The van der Waals surface area contributed by atoms with Crippen LogP contribution >= 0.6 is 0 Å². The molecule has 0 bridgehead atoms. The van der Waals surface area contributed by atoms with Crippen molar-refractivity contribution in [1.82, 2.24) is 0 Å². The molecular weight excluding hydrogens is 183 g/mol. The smallest absolute Gasteiger partial charge is 0.127 e. The third-order valence-corrected chi connectivity index (χ3v) is 1.89. The first-order valence-corrected chi connectivity index (χ1v) is 4.75. The highest BCUT2D eigenvalue weighted by molar-refractivity contribution is 5.35. The Balaban J connectivity index is 2.91. The fourth-order valence-corrected chi connectivity index (χ4v) is 1.19. The van der Waals surface area contributed by atoms with Gasteiger partial charge in [0.05, 0.1) is 12.7 Å². The molecule has 1 atom stereocenters. The Kier molecular flexibility index (Phi) is 3.89. The van der Waals surface area contributed by atoms with Crippen LogP contribution in [0, 0.1) is 5.82 Å². The first-order chi connectivity index (χ1) is 6.65. The lowest BCUT2D eigenvalue weighted by Gasteiger charge is -2.12. The molecule has 1 rings (SSSR count). The predicted molar refractivity (Wildman–Crippen MR) is 52.8 cm³/mol. The minimum absolute atomic E-state index is 0.347. The van der Waals surface area contributed by atoms with E-state index < -0.39 is 6.10 Å². The quantitative estimate of drug-likeness (QED) is 0.806. The Labute approximate surface area is 83.3 Å². The maximum absolute atomic E-state index is 12.9. The minimum atomic E-state index is -0.637. The summed E-state index contributed by atoms with van der Waals surface area (Å²) in [5.41, 5.74) is 0.625. The summed E-state index contributed by atoms with van der Waals surface area (Å²) in [4.78, 5) is 0. The van der Waals surface area contributed by atoms with E-state index in [-0.39, 0.29) is 5.82 Å². The normalized spacial score (nSPS) is 12.6.